The smallest absolute Gasteiger partial charge is 0.314 e. The van der Waals surface area contributed by atoms with Gasteiger partial charge in [0.25, 0.3) is 5.56 Å². The van der Waals surface area contributed by atoms with Crippen LogP contribution in [0.1, 0.15) is 63.9 Å². The normalized spacial score (nSPS) is 10.7. The van der Waals surface area contributed by atoms with Crippen molar-refractivity contribution in [1.29, 1.82) is 0 Å². The van der Waals surface area contributed by atoms with Gasteiger partial charge in [0.1, 0.15) is 0 Å². The van der Waals surface area contributed by atoms with Crippen LogP contribution in [0.3, 0.4) is 0 Å². The molecule has 0 amide bonds. The number of aromatic amines is 2. The quantitative estimate of drug-likeness (QED) is 0.664. The molecule has 0 unspecified atom stereocenters. The lowest BCUT2D eigenvalue weighted by molar-refractivity contribution is 0.574. The van der Waals surface area contributed by atoms with Crippen molar-refractivity contribution in [2.45, 2.75) is 64.7 Å². The Bertz CT molecular complexity index is 434. The van der Waals surface area contributed by atoms with Crippen LogP contribution in [-0.2, 0) is 6.42 Å². The van der Waals surface area contributed by atoms with E-state index in [2.05, 4.69) is 16.9 Å². The maximum Gasteiger partial charge on any atom is 0.325 e. The molecule has 0 atom stereocenters. The minimum atomic E-state index is -0.431. The van der Waals surface area contributed by atoms with Crippen LogP contribution in [0.15, 0.2) is 15.8 Å². The van der Waals surface area contributed by atoms with E-state index >= 15 is 0 Å². The van der Waals surface area contributed by atoms with E-state index in [4.69, 9.17) is 0 Å². The van der Waals surface area contributed by atoms with Crippen LogP contribution < -0.4 is 11.2 Å². The Kier molecular flexibility index (Phi) is 7.14. The number of aromatic nitrogens is 2. The molecule has 0 aliphatic heterocycles. The molecular formula is C14H24N2O2. The Hall–Kier alpha value is -1.32. The second-order valence-corrected chi connectivity index (χ2v) is 4.82. The zero-order valence-electron chi connectivity index (χ0n) is 11.3. The molecule has 0 spiro atoms. The number of rotatable bonds is 9. The van der Waals surface area contributed by atoms with Gasteiger partial charge in [0, 0.05) is 11.8 Å². The molecule has 1 aromatic rings. The first kappa shape index (κ1) is 14.7. The van der Waals surface area contributed by atoms with Gasteiger partial charge in [-0.1, -0.05) is 51.9 Å². The standard InChI is InChI=1S/C14H24N2O2/c1-2-3-4-5-6-7-8-9-10-12-11-15-14(18)16-13(12)17/h11H,2-10H2,1H3,(H2,15,16,17,18). The van der Waals surface area contributed by atoms with E-state index in [1.165, 1.54) is 44.7 Å². The minimum absolute atomic E-state index is 0.248. The van der Waals surface area contributed by atoms with Crippen molar-refractivity contribution < 1.29 is 0 Å². The van der Waals surface area contributed by atoms with Crippen molar-refractivity contribution in [3.63, 3.8) is 0 Å². The SMILES string of the molecule is CCCCCCCCCCc1c[nH]c(=O)[nH]c1=O. The summed E-state index contributed by atoms with van der Waals surface area (Å²) in [6.45, 7) is 2.22. The van der Waals surface area contributed by atoms with Gasteiger partial charge in [-0.2, -0.15) is 0 Å². The summed E-state index contributed by atoms with van der Waals surface area (Å²) in [5.74, 6) is 0. The van der Waals surface area contributed by atoms with E-state index in [9.17, 15) is 9.59 Å². The van der Waals surface area contributed by atoms with Crippen LogP contribution in [0.2, 0.25) is 0 Å². The highest BCUT2D eigenvalue weighted by Crippen LogP contribution is 2.09. The molecule has 102 valence electrons. The van der Waals surface area contributed by atoms with Crippen molar-refractivity contribution >= 4 is 0 Å². The molecule has 4 heteroatoms. The van der Waals surface area contributed by atoms with Crippen molar-refractivity contribution in [3.05, 3.63) is 32.6 Å². The Labute approximate surface area is 108 Å². The van der Waals surface area contributed by atoms with Crippen molar-refractivity contribution in [1.82, 2.24) is 9.97 Å². The molecule has 0 fully saturated rings. The summed E-state index contributed by atoms with van der Waals surface area (Å²) in [4.78, 5) is 27.0. The molecule has 2 N–H and O–H groups in total. The third-order valence-corrected chi connectivity index (χ3v) is 3.20. The zero-order chi connectivity index (χ0) is 13.2. The Balaban J connectivity index is 2.11. The summed E-state index contributed by atoms with van der Waals surface area (Å²) < 4.78 is 0. The van der Waals surface area contributed by atoms with Crippen LogP contribution in [0.5, 0.6) is 0 Å². The molecule has 0 saturated carbocycles. The van der Waals surface area contributed by atoms with Gasteiger partial charge in [-0.25, -0.2) is 4.79 Å². The molecule has 0 aliphatic carbocycles. The summed E-state index contributed by atoms with van der Waals surface area (Å²) in [6.07, 6.45) is 12.3. The fraction of sp³-hybridized carbons (Fsp3) is 0.714. The second-order valence-electron chi connectivity index (χ2n) is 4.82. The van der Waals surface area contributed by atoms with Gasteiger partial charge in [0.2, 0.25) is 0 Å². The highest BCUT2D eigenvalue weighted by Gasteiger charge is 1.99. The maximum absolute atomic E-state index is 11.4. The van der Waals surface area contributed by atoms with Crippen LogP contribution in [0.25, 0.3) is 0 Å². The molecule has 1 aromatic heterocycles. The van der Waals surface area contributed by atoms with E-state index < -0.39 is 5.69 Å². The maximum atomic E-state index is 11.4. The first-order valence-corrected chi connectivity index (χ1v) is 7.05. The summed E-state index contributed by atoms with van der Waals surface area (Å²) in [5, 5.41) is 0. The molecule has 0 aliphatic rings. The van der Waals surface area contributed by atoms with Gasteiger partial charge < -0.3 is 4.98 Å². The fourth-order valence-corrected chi connectivity index (χ4v) is 2.07. The summed E-state index contributed by atoms with van der Waals surface area (Å²) in [6, 6.07) is 0. The molecule has 1 rings (SSSR count). The van der Waals surface area contributed by atoms with Crippen molar-refractivity contribution in [2.24, 2.45) is 0 Å². The predicted octanol–water partition coefficient (Wildman–Crippen LogP) is 2.75. The predicted molar refractivity (Wildman–Crippen MR) is 74.0 cm³/mol. The minimum Gasteiger partial charge on any atom is -0.314 e. The average Bonchev–Trinajstić information content (AvgIpc) is 2.35. The molecule has 0 saturated heterocycles. The summed E-state index contributed by atoms with van der Waals surface area (Å²) in [5.41, 5.74) is 0.00181. The highest BCUT2D eigenvalue weighted by atomic mass is 16.2. The van der Waals surface area contributed by atoms with E-state index in [0.717, 1.165) is 19.3 Å². The molecular weight excluding hydrogens is 228 g/mol. The van der Waals surface area contributed by atoms with Gasteiger partial charge >= 0.3 is 5.69 Å². The van der Waals surface area contributed by atoms with E-state index in [1.54, 1.807) is 0 Å². The van der Waals surface area contributed by atoms with E-state index in [0.29, 0.717) is 5.56 Å². The monoisotopic (exact) mass is 252 g/mol. The molecule has 1 heterocycles. The summed E-state index contributed by atoms with van der Waals surface area (Å²) in [7, 11) is 0. The Morgan fingerprint density at radius 2 is 1.56 bits per heavy atom. The van der Waals surface area contributed by atoms with Gasteiger partial charge in [-0.15, -0.1) is 0 Å². The average molecular weight is 252 g/mol. The van der Waals surface area contributed by atoms with Crippen molar-refractivity contribution in [2.75, 3.05) is 0 Å². The fourth-order valence-electron chi connectivity index (χ4n) is 2.07. The van der Waals surface area contributed by atoms with E-state index in [1.807, 2.05) is 0 Å². The largest absolute Gasteiger partial charge is 0.325 e. The number of aryl methyl sites for hydroxylation is 1. The first-order chi connectivity index (χ1) is 8.74. The van der Waals surface area contributed by atoms with Gasteiger partial charge in [0.05, 0.1) is 0 Å². The topological polar surface area (TPSA) is 65.7 Å². The van der Waals surface area contributed by atoms with Gasteiger partial charge in [-0.3, -0.25) is 9.78 Å². The Morgan fingerprint density at radius 1 is 0.944 bits per heavy atom. The van der Waals surface area contributed by atoms with Gasteiger partial charge in [-0.05, 0) is 12.8 Å². The Morgan fingerprint density at radius 3 is 2.17 bits per heavy atom. The first-order valence-electron chi connectivity index (χ1n) is 7.05. The van der Waals surface area contributed by atoms with Crippen molar-refractivity contribution in [3.8, 4) is 0 Å². The van der Waals surface area contributed by atoms with Crippen LogP contribution in [0, 0.1) is 0 Å². The summed E-state index contributed by atoms with van der Waals surface area (Å²) >= 11 is 0. The molecule has 0 bridgehead atoms. The molecule has 18 heavy (non-hydrogen) atoms. The number of H-pyrrole nitrogens is 2. The van der Waals surface area contributed by atoms with Crippen LogP contribution in [0.4, 0.5) is 0 Å². The highest BCUT2D eigenvalue weighted by molar-refractivity contribution is 5.02. The molecule has 4 nitrogen and oxygen atoms in total. The molecule has 0 radical (unpaired) electrons. The zero-order valence-corrected chi connectivity index (χ0v) is 11.3. The third kappa shape index (κ3) is 5.84. The molecule has 0 aromatic carbocycles. The lowest BCUT2D eigenvalue weighted by atomic mass is 10.1. The third-order valence-electron chi connectivity index (χ3n) is 3.20. The number of hydrogen-bond acceptors (Lipinski definition) is 2. The number of unbranched alkanes of at least 4 members (excludes halogenated alkanes) is 7. The lowest BCUT2D eigenvalue weighted by Crippen LogP contribution is -2.24. The lowest BCUT2D eigenvalue weighted by Gasteiger charge is -2.01. The van der Waals surface area contributed by atoms with Crippen LogP contribution >= 0.6 is 0 Å². The van der Waals surface area contributed by atoms with Crippen LogP contribution in [-0.4, -0.2) is 9.97 Å². The number of hydrogen-bond donors (Lipinski definition) is 2. The second kappa shape index (κ2) is 8.72. The number of nitrogens with one attached hydrogen (secondary N) is 2. The van der Waals surface area contributed by atoms with E-state index in [-0.39, 0.29) is 5.56 Å². The van der Waals surface area contributed by atoms with Gasteiger partial charge in [0.15, 0.2) is 0 Å².